The lowest BCUT2D eigenvalue weighted by Crippen LogP contribution is -2.52. The Hall–Kier alpha value is -0.160. The summed E-state index contributed by atoms with van der Waals surface area (Å²) < 4.78 is 0. The maximum Gasteiger partial charge on any atom is 0.0275 e. The van der Waals surface area contributed by atoms with Crippen LogP contribution in [0, 0.1) is 0 Å². The first-order valence-corrected chi connectivity index (χ1v) is 5.96. The molecule has 1 heterocycles. The highest BCUT2D eigenvalue weighted by molar-refractivity contribution is 4.82. The molecular formula is C11H26N4. The molecule has 4 heteroatoms. The third-order valence-electron chi connectivity index (χ3n) is 3.17. The zero-order chi connectivity index (χ0) is 11.1. The summed E-state index contributed by atoms with van der Waals surface area (Å²) in [5.41, 5.74) is 0.237. The lowest BCUT2D eigenvalue weighted by Gasteiger charge is -2.36. The van der Waals surface area contributed by atoms with Crippen molar-refractivity contribution in [1.82, 2.24) is 20.9 Å². The van der Waals surface area contributed by atoms with Crippen molar-refractivity contribution in [1.29, 1.82) is 0 Å². The molecule has 0 amide bonds. The van der Waals surface area contributed by atoms with Crippen LogP contribution in [0.15, 0.2) is 0 Å². The fourth-order valence-electron chi connectivity index (χ4n) is 1.68. The van der Waals surface area contributed by atoms with Gasteiger partial charge in [-0.25, -0.2) is 0 Å². The molecule has 0 aromatic rings. The van der Waals surface area contributed by atoms with Gasteiger partial charge < -0.3 is 16.0 Å². The van der Waals surface area contributed by atoms with Gasteiger partial charge in [-0.3, -0.25) is 4.90 Å². The second-order valence-corrected chi connectivity index (χ2v) is 4.91. The molecule has 1 fully saturated rings. The van der Waals surface area contributed by atoms with Gasteiger partial charge in [-0.15, -0.1) is 0 Å². The summed E-state index contributed by atoms with van der Waals surface area (Å²) in [7, 11) is 2.20. The van der Waals surface area contributed by atoms with Gasteiger partial charge in [0, 0.05) is 51.4 Å². The average molecular weight is 214 g/mol. The molecule has 3 N–H and O–H groups in total. The van der Waals surface area contributed by atoms with Crippen molar-refractivity contribution in [2.75, 3.05) is 52.9 Å². The molecule has 0 aromatic heterocycles. The standard InChI is InChI=1S/C11H26N4/c1-11(2)10-14-7-6-12-4-5-13-8-9-15(11)3/h12-14H,4-10H2,1-3H3. The summed E-state index contributed by atoms with van der Waals surface area (Å²) in [5, 5.41) is 10.3. The van der Waals surface area contributed by atoms with E-state index < -0.39 is 0 Å². The number of rotatable bonds is 0. The van der Waals surface area contributed by atoms with Gasteiger partial charge in [-0.1, -0.05) is 0 Å². The largest absolute Gasteiger partial charge is 0.314 e. The summed E-state index contributed by atoms with van der Waals surface area (Å²) in [5.74, 6) is 0. The zero-order valence-electron chi connectivity index (χ0n) is 10.4. The highest BCUT2D eigenvalue weighted by atomic mass is 15.2. The second-order valence-electron chi connectivity index (χ2n) is 4.91. The van der Waals surface area contributed by atoms with E-state index in [1.54, 1.807) is 0 Å². The highest BCUT2D eigenvalue weighted by Gasteiger charge is 2.22. The molecule has 0 saturated carbocycles. The van der Waals surface area contributed by atoms with Gasteiger partial charge in [0.2, 0.25) is 0 Å². The van der Waals surface area contributed by atoms with Crippen LogP contribution in [0.5, 0.6) is 0 Å². The Bertz CT molecular complexity index is 170. The van der Waals surface area contributed by atoms with Crippen LogP contribution in [-0.4, -0.2) is 63.3 Å². The first-order valence-electron chi connectivity index (χ1n) is 5.96. The van der Waals surface area contributed by atoms with Crippen LogP contribution in [0.25, 0.3) is 0 Å². The van der Waals surface area contributed by atoms with Crippen LogP contribution >= 0.6 is 0 Å². The first-order chi connectivity index (χ1) is 7.13. The topological polar surface area (TPSA) is 39.3 Å². The van der Waals surface area contributed by atoms with Crippen LogP contribution in [0.3, 0.4) is 0 Å². The number of nitrogens with zero attached hydrogens (tertiary/aromatic N) is 1. The number of hydrogen-bond donors (Lipinski definition) is 3. The zero-order valence-corrected chi connectivity index (χ0v) is 10.4. The van der Waals surface area contributed by atoms with Crippen molar-refractivity contribution >= 4 is 0 Å². The Morgan fingerprint density at radius 1 is 0.867 bits per heavy atom. The molecule has 1 saturated heterocycles. The predicted molar refractivity (Wildman–Crippen MR) is 65.3 cm³/mol. The quantitative estimate of drug-likeness (QED) is 0.507. The third kappa shape index (κ3) is 4.93. The van der Waals surface area contributed by atoms with E-state index in [9.17, 15) is 0 Å². The van der Waals surface area contributed by atoms with E-state index >= 15 is 0 Å². The van der Waals surface area contributed by atoms with Crippen molar-refractivity contribution < 1.29 is 0 Å². The molecule has 15 heavy (non-hydrogen) atoms. The smallest absolute Gasteiger partial charge is 0.0275 e. The van der Waals surface area contributed by atoms with Gasteiger partial charge in [0.05, 0.1) is 0 Å². The SMILES string of the molecule is CN1CCNCCNCCNCC1(C)C. The first kappa shape index (κ1) is 12.9. The third-order valence-corrected chi connectivity index (χ3v) is 3.17. The fraction of sp³-hybridized carbons (Fsp3) is 1.00. The predicted octanol–water partition coefficient (Wildman–Crippen LogP) is -0.521. The van der Waals surface area contributed by atoms with Crippen LogP contribution in [0.1, 0.15) is 13.8 Å². The van der Waals surface area contributed by atoms with Crippen molar-refractivity contribution in [3.8, 4) is 0 Å². The monoisotopic (exact) mass is 214 g/mol. The van der Waals surface area contributed by atoms with Gasteiger partial charge >= 0.3 is 0 Å². The lowest BCUT2D eigenvalue weighted by molar-refractivity contribution is 0.153. The molecule has 1 aliphatic rings. The molecule has 0 aromatic carbocycles. The highest BCUT2D eigenvalue weighted by Crippen LogP contribution is 2.09. The summed E-state index contributed by atoms with van der Waals surface area (Å²) in [4.78, 5) is 2.42. The molecule has 1 aliphatic heterocycles. The van der Waals surface area contributed by atoms with Crippen molar-refractivity contribution in [3.63, 3.8) is 0 Å². The van der Waals surface area contributed by atoms with E-state index in [0.717, 1.165) is 45.8 Å². The van der Waals surface area contributed by atoms with Crippen molar-refractivity contribution in [2.45, 2.75) is 19.4 Å². The number of hydrogen-bond acceptors (Lipinski definition) is 4. The maximum absolute atomic E-state index is 3.50. The Labute approximate surface area is 93.8 Å². The summed E-state index contributed by atoms with van der Waals surface area (Å²) in [6, 6.07) is 0. The minimum atomic E-state index is 0.237. The van der Waals surface area contributed by atoms with E-state index in [1.807, 2.05) is 0 Å². The molecule has 0 spiro atoms. The summed E-state index contributed by atoms with van der Waals surface area (Å²) >= 11 is 0. The van der Waals surface area contributed by atoms with Crippen LogP contribution in [0.2, 0.25) is 0 Å². The van der Waals surface area contributed by atoms with E-state index in [-0.39, 0.29) is 5.54 Å². The lowest BCUT2D eigenvalue weighted by atomic mass is 10.0. The molecule has 0 radical (unpaired) electrons. The number of nitrogens with one attached hydrogen (secondary N) is 3. The summed E-state index contributed by atoms with van der Waals surface area (Å²) in [6.45, 7) is 12.0. The van der Waals surface area contributed by atoms with Crippen LogP contribution in [0.4, 0.5) is 0 Å². The van der Waals surface area contributed by atoms with Gasteiger partial charge in [0.1, 0.15) is 0 Å². The van der Waals surface area contributed by atoms with Gasteiger partial charge in [0.15, 0.2) is 0 Å². The Balaban J connectivity index is 2.38. The molecule has 90 valence electrons. The van der Waals surface area contributed by atoms with E-state index in [0.29, 0.717) is 0 Å². The minimum absolute atomic E-state index is 0.237. The fourth-order valence-corrected chi connectivity index (χ4v) is 1.68. The summed E-state index contributed by atoms with van der Waals surface area (Å²) in [6.07, 6.45) is 0. The number of likely N-dealkylation sites (N-methyl/N-ethyl adjacent to an activating group) is 1. The van der Waals surface area contributed by atoms with E-state index in [4.69, 9.17) is 0 Å². The molecular weight excluding hydrogens is 188 g/mol. The Morgan fingerprint density at radius 3 is 2.07 bits per heavy atom. The Morgan fingerprint density at radius 2 is 1.40 bits per heavy atom. The molecule has 0 aliphatic carbocycles. The molecule has 4 nitrogen and oxygen atoms in total. The Kier molecular flexibility index (Phi) is 5.53. The molecule has 0 unspecified atom stereocenters. The van der Waals surface area contributed by atoms with Crippen LogP contribution < -0.4 is 16.0 Å². The molecule has 1 rings (SSSR count). The van der Waals surface area contributed by atoms with Gasteiger partial charge in [-0.05, 0) is 20.9 Å². The normalized spacial score (nSPS) is 26.6. The van der Waals surface area contributed by atoms with Crippen LogP contribution in [-0.2, 0) is 0 Å². The molecule has 0 bridgehead atoms. The minimum Gasteiger partial charge on any atom is -0.314 e. The van der Waals surface area contributed by atoms with E-state index in [2.05, 4.69) is 41.7 Å². The van der Waals surface area contributed by atoms with Gasteiger partial charge in [0.25, 0.3) is 0 Å². The van der Waals surface area contributed by atoms with Gasteiger partial charge in [-0.2, -0.15) is 0 Å². The van der Waals surface area contributed by atoms with Crippen molar-refractivity contribution in [2.24, 2.45) is 0 Å². The molecule has 0 atom stereocenters. The second kappa shape index (κ2) is 6.43. The average Bonchev–Trinajstić information content (AvgIpc) is 2.18. The maximum atomic E-state index is 3.50. The van der Waals surface area contributed by atoms with Crippen molar-refractivity contribution in [3.05, 3.63) is 0 Å². The van der Waals surface area contributed by atoms with E-state index in [1.165, 1.54) is 0 Å².